The molecule has 0 atom stereocenters. The van der Waals surface area contributed by atoms with Crippen LogP contribution in [0.5, 0.6) is 0 Å². The Labute approximate surface area is 178 Å². The number of nitrogens with zero attached hydrogens (tertiary/aromatic N) is 2. The van der Waals surface area contributed by atoms with Crippen LogP contribution in [0.3, 0.4) is 0 Å². The van der Waals surface area contributed by atoms with Crippen LogP contribution in [0.15, 0.2) is 58.8 Å². The van der Waals surface area contributed by atoms with Crippen LogP contribution in [0, 0.1) is 0 Å². The molecule has 3 rings (SSSR count). The standard InChI is InChI=1S/C20H19ClN2O4S2/c1-13(2)14-3-5-15(6-4-14)18-12-28-20(22-18)23(11-19(24)25)29(26,27)17-9-7-16(21)8-10-17/h3-10,12-13H,11H2,1-2H3,(H,24,25). The molecule has 0 bridgehead atoms. The highest BCUT2D eigenvalue weighted by Crippen LogP contribution is 2.32. The van der Waals surface area contributed by atoms with Gasteiger partial charge < -0.3 is 5.11 Å². The number of anilines is 1. The van der Waals surface area contributed by atoms with Gasteiger partial charge in [0.05, 0.1) is 10.6 Å². The zero-order valence-electron chi connectivity index (χ0n) is 15.7. The lowest BCUT2D eigenvalue weighted by Crippen LogP contribution is -2.35. The SMILES string of the molecule is CC(C)c1ccc(-c2csc(N(CC(=O)O)S(=O)(=O)c3ccc(Cl)cc3)n2)cc1. The number of carbonyl (C=O) groups is 1. The summed E-state index contributed by atoms with van der Waals surface area (Å²) in [5, 5.41) is 11.4. The Morgan fingerprint density at radius 1 is 1.14 bits per heavy atom. The van der Waals surface area contributed by atoms with Crippen molar-refractivity contribution in [2.75, 3.05) is 10.8 Å². The smallest absolute Gasteiger partial charge is 0.324 e. The lowest BCUT2D eigenvalue weighted by atomic mass is 10.0. The normalized spacial score (nSPS) is 11.6. The number of thiazole rings is 1. The predicted molar refractivity (Wildman–Crippen MR) is 115 cm³/mol. The van der Waals surface area contributed by atoms with Crippen molar-refractivity contribution >= 4 is 44.1 Å². The first-order valence-electron chi connectivity index (χ1n) is 8.74. The van der Waals surface area contributed by atoms with Crippen molar-refractivity contribution in [1.82, 2.24) is 4.98 Å². The summed E-state index contributed by atoms with van der Waals surface area (Å²) >= 11 is 6.91. The lowest BCUT2D eigenvalue weighted by Gasteiger charge is -2.19. The van der Waals surface area contributed by atoms with Gasteiger partial charge in [-0.2, -0.15) is 0 Å². The van der Waals surface area contributed by atoms with Gasteiger partial charge in [-0.1, -0.05) is 49.7 Å². The number of hydrogen-bond acceptors (Lipinski definition) is 5. The summed E-state index contributed by atoms with van der Waals surface area (Å²) in [4.78, 5) is 15.7. The van der Waals surface area contributed by atoms with Gasteiger partial charge >= 0.3 is 5.97 Å². The highest BCUT2D eigenvalue weighted by molar-refractivity contribution is 7.93. The molecule has 0 fully saturated rings. The molecule has 0 spiro atoms. The molecule has 1 N–H and O–H groups in total. The summed E-state index contributed by atoms with van der Waals surface area (Å²) in [7, 11) is -4.11. The molecule has 0 amide bonds. The first-order valence-corrected chi connectivity index (χ1v) is 11.4. The maximum absolute atomic E-state index is 13.0. The number of aliphatic carboxylic acids is 1. The predicted octanol–water partition coefficient (Wildman–Crippen LogP) is 4.87. The lowest BCUT2D eigenvalue weighted by molar-refractivity contribution is -0.135. The third-order valence-corrected chi connectivity index (χ3v) is 7.24. The number of rotatable bonds is 7. The van der Waals surface area contributed by atoms with E-state index in [1.54, 1.807) is 5.38 Å². The third-order valence-electron chi connectivity index (χ3n) is 4.26. The second-order valence-electron chi connectivity index (χ2n) is 6.65. The highest BCUT2D eigenvalue weighted by atomic mass is 35.5. The topological polar surface area (TPSA) is 87.6 Å². The number of hydrogen-bond donors (Lipinski definition) is 1. The average Bonchev–Trinajstić information content (AvgIpc) is 3.16. The van der Waals surface area contributed by atoms with Gasteiger partial charge in [0.25, 0.3) is 10.0 Å². The summed E-state index contributed by atoms with van der Waals surface area (Å²) in [5.74, 6) is -0.883. The fourth-order valence-corrected chi connectivity index (χ4v) is 5.21. The first kappa shape index (κ1) is 21.3. The van der Waals surface area contributed by atoms with Gasteiger partial charge in [0.1, 0.15) is 6.54 Å². The van der Waals surface area contributed by atoms with Crippen molar-refractivity contribution in [3.8, 4) is 11.3 Å². The molecule has 0 aliphatic heterocycles. The summed E-state index contributed by atoms with van der Waals surface area (Å²) in [6, 6.07) is 13.4. The van der Waals surface area contributed by atoms with Crippen molar-refractivity contribution in [3.05, 3.63) is 64.5 Å². The molecule has 0 unspecified atom stereocenters. The Morgan fingerprint density at radius 2 is 1.76 bits per heavy atom. The quantitative estimate of drug-likeness (QED) is 0.555. The van der Waals surface area contributed by atoms with Crippen LogP contribution in [0.4, 0.5) is 5.13 Å². The average molecular weight is 451 g/mol. The van der Waals surface area contributed by atoms with Crippen LogP contribution < -0.4 is 4.31 Å². The van der Waals surface area contributed by atoms with E-state index in [0.717, 1.165) is 21.2 Å². The van der Waals surface area contributed by atoms with E-state index >= 15 is 0 Å². The maximum Gasteiger partial charge on any atom is 0.324 e. The minimum absolute atomic E-state index is 0.0545. The van der Waals surface area contributed by atoms with Gasteiger partial charge in [-0.05, 0) is 35.7 Å². The number of carboxylic acids is 1. The van der Waals surface area contributed by atoms with E-state index < -0.39 is 22.5 Å². The Bertz CT molecular complexity index is 1110. The van der Waals surface area contributed by atoms with Gasteiger partial charge in [0.15, 0.2) is 0 Å². The summed E-state index contributed by atoms with van der Waals surface area (Å²) in [6.07, 6.45) is 0. The van der Waals surface area contributed by atoms with Crippen LogP contribution in [0.25, 0.3) is 11.3 Å². The fraction of sp³-hybridized carbons (Fsp3) is 0.200. The summed E-state index contributed by atoms with van der Waals surface area (Å²) in [5.41, 5.74) is 2.60. The van der Waals surface area contributed by atoms with Crippen LogP contribution in [0.2, 0.25) is 5.02 Å². The van der Waals surface area contributed by atoms with E-state index in [0.29, 0.717) is 16.6 Å². The number of sulfonamides is 1. The molecule has 3 aromatic rings. The number of halogens is 1. The van der Waals surface area contributed by atoms with Gasteiger partial charge in [0, 0.05) is 16.0 Å². The minimum atomic E-state index is -4.11. The molecule has 9 heteroatoms. The number of carboxylic acid groups (broad SMARTS) is 1. The maximum atomic E-state index is 13.0. The van der Waals surface area contributed by atoms with E-state index in [2.05, 4.69) is 18.8 Å². The van der Waals surface area contributed by atoms with E-state index in [1.165, 1.54) is 29.8 Å². The van der Waals surface area contributed by atoms with Crippen molar-refractivity contribution in [3.63, 3.8) is 0 Å². The van der Waals surface area contributed by atoms with E-state index in [9.17, 15) is 18.3 Å². The van der Waals surface area contributed by atoms with Crippen molar-refractivity contribution in [1.29, 1.82) is 0 Å². The van der Waals surface area contributed by atoms with Crippen molar-refractivity contribution in [2.24, 2.45) is 0 Å². The Kier molecular flexibility index (Phi) is 6.26. The molecule has 0 radical (unpaired) electrons. The van der Waals surface area contributed by atoms with E-state index in [1.807, 2.05) is 24.3 Å². The zero-order valence-corrected chi connectivity index (χ0v) is 18.1. The van der Waals surface area contributed by atoms with E-state index in [4.69, 9.17) is 11.6 Å². The fourth-order valence-electron chi connectivity index (χ4n) is 2.66. The number of aromatic nitrogens is 1. The monoisotopic (exact) mass is 450 g/mol. The molecule has 1 heterocycles. The van der Waals surface area contributed by atoms with Gasteiger partial charge in [-0.15, -0.1) is 11.3 Å². The molecular formula is C20H19ClN2O4S2. The molecule has 2 aromatic carbocycles. The Hall–Kier alpha value is -2.42. The second kappa shape index (κ2) is 8.52. The van der Waals surface area contributed by atoms with Crippen LogP contribution >= 0.6 is 22.9 Å². The first-order chi connectivity index (χ1) is 13.7. The molecule has 0 saturated carbocycles. The molecule has 29 heavy (non-hydrogen) atoms. The highest BCUT2D eigenvalue weighted by Gasteiger charge is 2.29. The van der Waals surface area contributed by atoms with Crippen LogP contribution in [-0.2, 0) is 14.8 Å². The van der Waals surface area contributed by atoms with Crippen molar-refractivity contribution in [2.45, 2.75) is 24.7 Å². The minimum Gasteiger partial charge on any atom is -0.480 e. The molecule has 0 saturated heterocycles. The second-order valence-corrected chi connectivity index (χ2v) is 9.79. The third kappa shape index (κ3) is 4.77. The molecule has 152 valence electrons. The van der Waals surface area contributed by atoms with Gasteiger partial charge in [-0.3, -0.25) is 4.79 Å². The van der Waals surface area contributed by atoms with Gasteiger partial charge in [-0.25, -0.2) is 17.7 Å². The molecular weight excluding hydrogens is 432 g/mol. The summed E-state index contributed by atoms with van der Waals surface area (Å²) < 4.78 is 26.9. The van der Waals surface area contributed by atoms with Gasteiger partial charge in [0.2, 0.25) is 5.13 Å². The molecule has 0 aliphatic rings. The molecule has 1 aromatic heterocycles. The largest absolute Gasteiger partial charge is 0.480 e. The Balaban J connectivity index is 1.98. The van der Waals surface area contributed by atoms with Crippen LogP contribution in [-0.4, -0.2) is 31.0 Å². The van der Waals surface area contributed by atoms with Crippen molar-refractivity contribution < 1.29 is 18.3 Å². The molecule has 0 aliphatic carbocycles. The zero-order chi connectivity index (χ0) is 21.2. The number of benzene rings is 2. The van der Waals surface area contributed by atoms with Crippen LogP contribution in [0.1, 0.15) is 25.3 Å². The summed E-state index contributed by atoms with van der Waals surface area (Å²) in [6.45, 7) is 3.47. The van der Waals surface area contributed by atoms with E-state index in [-0.39, 0.29) is 10.0 Å². The molecule has 6 nitrogen and oxygen atoms in total. The Morgan fingerprint density at radius 3 is 2.31 bits per heavy atom.